The Kier molecular flexibility index (Phi) is 9.91. The smallest absolute Gasteiger partial charge is 0.353 e. The number of aromatic nitrogens is 3. The number of aliphatic carboxylic acids is 1. The van der Waals surface area contributed by atoms with E-state index < -0.39 is 41.0 Å². The molecule has 2 saturated heterocycles. The Hall–Kier alpha value is -3.88. The number of hydrogen-bond donors (Lipinski definition) is 6. The van der Waals surface area contributed by atoms with Gasteiger partial charge in [-0.05, 0) is 18.6 Å². The van der Waals surface area contributed by atoms with Gasteiger partial charge in [0.2, 0.25) is 23.4 Å². The Bertz CT molecular complexity index is 1570. The molecule has 5 heterocycles. The molecule has 2 aromatic rings. The third kappa shape index (κ3) is 6.76. The zero-order valence-corrected chi connectivity index (χ0v) is 25.9. The van der Waals surface area contributed by atoms with Crippen molar-refractivity contribution < 1.29 is 34.3 Å². The van der Waals surface area contributed by atoms with Crippen molar-refractivity contribution in [3.63, 3.8) is 0 Å². The molecule has 44 heavy (non-hydrogen) atoms. The van der Waals surface area contributed by atoms with Crippen LogP contribution in [0, 0.1) is 0 Å². The number of carbonyl (C=O) groups is 5. The van der Waals surface area contributed by atoms with Crippen LogP contribution >= 0.6 is 46.8 Å². The molecule has 16 nitrogen and oxygen atoms in total. The molecule has 0 aliphatic carbocycles. The summed E-state index contributed by atoms with van der Waals surface area (Å²) in [5.41, 5.74) is 5.54. The number of nitrogens with one attached hydrogen (secondary N) is 3. The van der Waals surface area contributed by atoms with Gasteiger partial charge in [-0.15, -0.1) is 11.8 Å². The number of carbonyl (C=O) groups excluding carboxylic acids is 4. The van der Waals surface area contributed by atoms with Gasteiger partial charge in [-0.1, -0.05) is 16.9 Å². The number of nitrogen functional groups attached to an aromatic ring is 1. The van der Waals surface area contributed by atoms with Crippen LogP contribution < -0.4 is 21.7 Å². The first-order chi connectivity index (χ1) is 21.2. The lowest BCUT2D eigenvalue weighted by molar-refractivity contribution is -0.150. The highest BCUT2D eigenvalue weighted by molar-refractivity contribution is 8.06. The number of rotatable bonds is 12. The number of amides is 4. The average Bonchev–Trinajstić information content (AvgIpc) is 3.64. The van der Waals surface area contributed by atoms with Gasteiger partial charge in [-0.3, -0.25) is 29.1 Å². The van der Waals surface area contributed by atoms with Gasteiger partial charge in [0.1, 0.15) is 23.2 Å². The minimum absolute atomic E-state index is 0.0554. The van der Waals surface area contributed by atoms with E-state index in [4.69, 9.17) is 5.73 Å². The van der Waals surface area contributed by atoms with Crippen LogP contribution in [0.25, 0.3) is 0 Å². The van der Waals surface area contributed by atoms with E-state index in [0.717, 1.165) is 21.3 Å². The second-order valence-electron chi connectivity index (χ2n) is 9.40. The van der Waals surface area contributed by atoms with E-state index in [9.17, 15) is 34.3 Å². The number of carboxylic acid groups (broad SMARTS) is 1. The first-order valence-corrected chi connectivity index (χ1v) is 16.8. The van der Waals surface area contributed by atoms with Crippen molar-refractivity contribution in [3.8, 4) is 0 Å². The Balaban J connectivity index is 1.20. The van der Waals surface area contributed by atoms with Crippen LogP contribution in [0.3, 0.4) is 0 Å². The Labute approximate surface area is 266 Å². The molecule has 20 heteroatoms. The van der Waals surface area contributed by atoms with Gasteiger partial charge in [-0.2, -0.15) is 21.1 Å². The molecule has 232 valence electrons. The van der Waals surface area contributed by atoms with Crippen molar-refractivity contribution in [2.75, 3.05) is 23.8 Å². The molecule has 0 saturated carbocycles. The fourth-order valence-electron chi connectivity index (χ4n) is 4.51. The van der Waals surface area contributed by atoms with Crippen LogP contribution in [0.5, 0.6) is 0 Å². The molecule has 2 fully saturated rings. The zero-order chi connectivity index (χ0) is 31.4. The Morgan fingerprint density at radius 1 is 1.30 bits per heavy atom. The van der Waals surface area contributed by atoms with Crippen molar-refractivity contribution >= 4 is 87.3 Å². The van der Waals surface area contributed by atoms with Gasteiger partial charge < -0.3 is 32.0 Å². The molecule has 3 atom stereocenters. The summed E-state index contributed by atoms with van der Waals surface area (Å²) in [6.07, 6.45) is 2.46. The summed E-state index contributed by atoms with van der Waals surface area (Å²) in [5.74, 6) is -2.02. The standard InChI is InChI=1S/C24H25N9O7S4/c25-24-30-18(32-44-24)15(31-40)20(36)29-16-21(37)33-17(23(38)39)13(9-42-22(16)33)43-12-2-1-5-26-11(12)8-41-7-6-27-19(35)10-3-4-14(34)28-10/h1-2,5,10,16,22,40H,3-4,6-9H2,(H,27,35)(H,28,34)(H,29,36)(H,38,39)(H2,25,30,32)/b31-15-/t10-,16+,22+/m0/s1. The minimum atomic E-state index is -1.29. The predicted octanol–water partition coefficient (Wildman–Crippen LogP) is -0.190. The number of fused-ring (bicyclic) bond motifs is 1. The highest BCUT2D eigenvalue weighted by Crippen LogP contribution is 2.45. The molecule has 0 spiro atoms. The van der Waals surface area contributed by atoms with Crippen molar-refractivity contribution in [2.24, 2.45) is 5.16 Å². The van der Waals surface area contributed by atoms with Crippen LogP contribution in [-0.4, -0.2) is 100 Å². The van der Waals surface area contributed by atoms with E-state index in [0.29, 0.717) is 41.5 Å². The lowest BCUT2D eigenvalue weighted by atomic mass is 10.0. The van der Waals surface area contributed by atoms with E-state index in [1.54, 1.807) is 12.3 Å². The summed E-state index contributed by atoms with van der Waals surface area (Å²) in [4.78, 5) is 72.2. The van der Waals surface area contributed by atoms with E-state index in [2.05, 4.69) is 35.4 Å². The number of thioether (sulfide) groups is 3. The number of carboxylic acids is 1. The largest absolute Gasteiger partial charge is 0.477 e. The van der Waals surface area contributed by atoms with Gasteiger partial charge in [0.05, 0.1) is 5.69 Å². The molecule has 5 rings (SSSR count). The summed E-state index contributed by atoms with van der Waals surface area (Å²) in [7, 11) is 0. The number of hydrogen-bond acceptors (Lipinski definition) is 15. The molecule has 7 N–H and O–H groups in total. The van der Waals surface area contributed by atoms with Crippen LogP contribution in [0.1, 0.15) is 24.4 Å². The maximum absolute atomic E-state index is 13.1. The third-order valence-electron chi connectivity index (χ3n) is 6.57. The van der Waals surface area contributed by atoms with E-state index >= 15 is 0 Å². The van der Waals surface area contributed by atoms with E-state index in [1.165, 1.54) is 35.3 Å². The molecular formula is C24H25N9O7S4. The highest BCUT2D eigenvalue weighted by Gasteiger charge is 2.54. The fraction of sp³-hybridized carbons (Fsp3) is 0.375. The van der Waals surface area contributed by atoms with Gasteiger partial charge in [0.25, 0.3) is 11.8 Å². The SMILES string of the molecule is Nc1nc(/C(=N/O)C(=O)N[C@@H]2C(=O)N3C(C(=O)O)=C(Sc4cccnc4CSCCNC(=O)[C@@H]4CCC(=O)N4)CS[C@H]23)ns1. The van der Waals surface area contributed by atoms with Gasteiger partial charge in [0.15, 0.2) is 5.13 Å². The summed E-state index contributed by atoms with van der Waals surface area (Å²) in [6, 6.07) is 2.00. The van der Waals surface area contributed by atoms with Crippen LogP contribution in [-0.2, 0) is 29.7 Å². The highest BCUT2D eigenvalue weighted by atomic mass is 32.2. The van der Waals surface area contributed by atoms with Crippen molar-refractivity contribution in [2.45, 2.75) is 40.9 Å². The molecule has 0 unspecified atom stereocenters. The fourth-order valence-corrected chi connectivity index (χ4v) is 8.42. The molecule has 0 bridgehead atoms. The van der Waals surface area contributed by atoms with Crippen LogP contribution in [0.4, 0.5) is 5.13 Å². The first-order valence-electron chi connectivity index (χ1n) is 13.0. The lowest BCUT2D eigenvalue weighted by Crippen LogP contribution is -2.71. The number of nitrogens with zero attached hydrogens (tertiary/aromatic N) is 5. The van der Waals surface area contributed by atoms with Crippen molar-refractivity contribution in [1.29, 1.82) is 0 Å². The Morgan fingerprint density at radius 2 is 2.11 bits per heavy atom. The van der Waals surface area contributed by atoms with Crippen LogP contribution in [0.15, 0.2) is 39.0 Å². The Morgan fingerprint density at radius 3 is 2.80 bits per heavy atom. The quantitative estimate of drug-likeness (QED) is 0.0560. The molecule has 0 radical (unpaired) electrons. The predicted molar refractivity (Wildman–Crippen MR) is 163 cm³/mol. The molecule has 3 aliphatic rings. The second-order valence-corrected chi connectivity index (χ2v) is 13.5. The van der Waals surface area contributed by atoms with Gasteiger partial charge >= 0.3 is 5.97 Å². The number of β-lactam (4-membered cyclic amide) rings is 1. The van der Waals surface area contributed by atoms with Crippen LogP contribution in [0.2, 0.25) is 0 Å². The van der Waals surface area contributed by atoms with E-state index in [1.807, 2.05) is 6.07 Å². The van der Waals surface area contributed by atoms with Crippen molar-refractivity contribution in [1.82, 2.24) is 35.2 Å². The number of oxime groups is 1. The summed E-state index contributed by atoms with van der Waals surface area (Å²) in [6.45, 7) is 0.409. The molecule has 0 aromatic carbocycles. The summed E-state index contributed by atoms with van der Waals surface area (Å²) >= 11 is 4.83. The first kappa shape index (κ1) is 31.5. The minimum Gasteiger partial charge on any atom is -0.477 e. The second kappa shape index (κ2) is 13.8. The third-order valence-corrected chi connectivity index (χ3v) is 10.7. The number of anilines is 1. The maximum Gasteiger partial charge on any atom is 0.353 e. The summed E-state index contributed by atoms with van der Waals surface area (Å²) in [5, 5.41) is 29.6. The molecular weight excluding hydrogens is 655 g/mol. The normalized spacial score (nSPS) is 21.4. The van der Waals surface area contributed by atoms with Gasteiger partial charge in [0, 0.05) is 57.8 Å². The topological polar surface area (TPSA) is 242 Å². The van der Waals surface area contributed by atoms with E-state index in [-0.39, 0.29) is 34.2 Å². The molecule has 3 aliphatic heterocycles. The summed E-state index contributed by atoms with van der Waals surface area (Å²) < 4.78 is 3.83. The monoisotopic (exact) mass is 679 g/mol. The zero-order valence-electron chi connectivity index (χ0n) is 22.6. The number of pyridine rings is 1. The van der Waals surface area contributed by atoms with Gasteiger partial charge in [-0.25, -0.2) is 4.79 Å². The lowest BCUT2D eigenvalue weighted by Gasteiger charge is -2.49. The average molecular weight is 680 g/mol. The molecule has 2 aromatic heterocycles. The molecule has 4 amide bonds. The van der Waals surface area contributed by atoms with Crippen molar-refractivity contribution in [3.05, 3.63) is 40.5 Å². The number of nitrogens with two attached hydrogens (primary N) is 1. The maximum atomic E-state index is 13.1.